The Morgan fingerprint density at radius 3 is 1.13 bits per heavy atom. The van der Waals surface area contributed by atoms with E-state index in [-0.39, 0.29) is 37.5 Å². The highest BCUT2D eigenvalue weighted by atomic mass is 16.6. The smallest absolute Gasteiger partial charge is 0.306 e. The summed E-state index contributed by atoms with van der Waals surface area (Å²) in [6.07, 6.45) is 62.8. The third-order valence-corrected chi connectivity index (χ3v) is 10.4. The summed E-state index contributed by atoms with van der Waals surface area (Å²) in [6, 6.07) is 0. The summed E-state index contributed by atoms with van der Waals surface area (Å²) < 4.78 is 16.7. The molecule has 0 bridgehead atoms. The first-order chi connectivity index (χ1) is 30.0. The number of hydrogen-bond donors (Lipinski definition) is 0. The summed E-state index contributed by atoms with van der Waals surface area (Å²) in [7, 11) is 0. The predicted molar refractivity (Wildman–Crippen MR) is 261 cm³/mol. The molecule has 0 aromatic heterocycles. The molecule has 6 nitrogen and oxygen atoms in total. The first-order valence-corrected chi connectivity index (χ1v) is 25.1. The van der Waals surface area contributed by atoms with Crippen molar-refractivity contribution in [1.29, 1.82) is 0 Å². The zero-order chi connectivity index (χ0) is 44.4. The molecule has 0 heterocycles. The van der Waals surface area contributed by atoms with Crippen LogP contribution in [0, 0.1) is 0 Å². The van der Waals surface area contributed by atoms with Crippen LogP contribution in [0.1, 0.15) is 226 Å². The van der Waals surface area contributed by atoms with Crippen LogP contribution in [0.25, 0.3) is 0 Å². The largest absolute Gasteiger partial charge is 0.462 e. The van der Waals surface area contributed by atoms with Gasteiger partial charge in [-0.1, -0.05) is 189 Å². The molecule has 1 atom stereocenters. The van der Waals surface area contributed by atoms with Crippen LogP contribution in [0.15, 0.2) is 85.1 Å². The van der Waals surface area contributed by atoms with E-state index in [4.69, 9.17) is 14.2 Å². The minimum Gasteiger partial charge on any atom is -0.462 e. The van der Waals surface area contributed by atoms with Crippen molar-refractivity contribution >= 4 is 17.9 Å². The molecule has 0 aromatic rings. The second-order valence-corrected chi connectivity index (χ2v) is 16.3. The zero-order valence-corrected chi connectivity index (χ0v) is 39.7. The number of unbranched alkanes of at least 4 members (excludes halogenated alkanes) is 19. The third kappa shape index (κ3) is 47.5. The summed E-state index contributed by atoms with van der Waals surface area (Å²) in [5.41, 5.74) is 0. The highest BCUT2D eigenvalue weighted by molar-refractivity contribution is 5.71. The molecule has 0 N–H and O–H groups in total. The maximum Gasteiger partial charge on any atom is 0.306 e. The van der Waals surface area contributed by atoms with Gasteiger partial charge in [0.25, 0.3) is 0 Å². The number of rotatable bonds is 44. The van der Waals surface area contributed by atoms with Gasteiger partial charge in [-0.05, 0) is 103 Å². The highest BCUT2D eigenvalue weighted by Crippen LogP contribution is 2.13. The van der Waals surface area contributed by atoms with Crippen molar-refractivity contribution in [2.24, 2.45) is 0 Å². The number of carbonyl (C=O) groups is 3. The van der Waals surface area contributed by atoms with Gasteiger partial charge in [0.05, 0.1) is 0 Å². The van der Waals surface area contributed by atoms with Crippen molar-refractivity contribution in [3.63, 3.8) is 0 Å². The standard InChI is InChI=1S/C55H92O6/c1-4-7-10-13-16-19-22-24-26-27-29-30-33-36-39-42-45-48-54(57)60-51-52(50-59-53(56)47-44-41-38-35-32-21-18-15-12-9-6-3)61-55(58)49-46-43-40-37-34-31-28-25-23-20-17-14-11-8-5-2/h7,10,15-16,18-19,24-26,28-30,36,39,52H,4-6,8-9,11-14,17,20-23,27,31-35,37-38,40-51H2,1-3H3/b10-7-,18-15-,19-16-,26-24-,28-25-,30-29-,39-36-/t52-/m1/s1. The van der Waals surface area contributed by atoms with Crippen molar-refractivity contribution < 1.29 is 28.6 Å². The molecule has 0 aliphatic rings. The Hall–Kier alpha value is -3.41. The lowest BCUT2D eigenvalue weighted by atomic mass is 10.1. The number of ether oxygens (including phenoxy) is 3. The summed E-state index contributed by atoms with van der Waals surface area (Å²) in [5.74, 6) is -0.984. The third-order valence-electron chi connectivity index (χ3n) is 10.4. The minimum atomic E-state index is -0.806. The molecule has 0 aliphatic carbocycles. The van der Waals surface area contributed by atoms with Crippen LogP contribution in [-0.2, 0) is 28.6 Å². The fourth-order valence-corrected chi connectivity index (χ4v) is 6.57. The zero-order valence-electron chi connectivity index (χ0n) is 39.7. The van der Waals surface area contributed by atoms with Crippen molar-refractivity contribution in [2.45, 2.75) is 232 Å². The topological polar surface area (TPSA) is 78.9 Å². The summed E-state index contributed by atoms with van der Waals surface area (Å²) in [5, 5.41) is 0. The van der Waals surface area contributed by atoms with Gasteiger partial charge in [-0.3, -0.25) is 14.4 Å². The van der Waals surface area contributed by atoms with Gasteiger partial charge in [0.1, 0.15) is 13.2 Å². The van der Waals surface area contributed by atoms with Gasteiger partial charge in [-0.15, -0.1) is 0 Å². The van der Waals surface area contributed by atoms with Gasteiger partial charge >= 0.3 is 17.9 Å². The maximum absolute atomic E-state index is 12.8. The number of allylic oxidation sites excluding steroid dienone is 14. The van der Waals surface area contributed by atoms with E-state index in [1.807, 2.05) is 0 Å². The van der Waals surface area contributed by atoms with E-state index in [0.717, 1.165) is 103 Å². The normalized spacial score (nSPS) is 12.8. The summed E-state index contributed by atoms with van der Waals surface area (Å²) in [4.78, 5) is 37.9. The lowest BCUT2D eigenvalue weighted by Crippen LogP contribution is -2.30. The molecule has 0 amide bonds. The van der Waals surface area contributed by atoms with Gasteiger partial charge < -0.3 is 14.2 Å². The molecule has 0 aromatic carbocycles. The van der Waals surface area contributed by atoms with Gasteiger partial charge in [-0.25, -0.2) is 0 Å². The number of hydrogen-bond acceptors (Lipinski definition) is 6. The van der Waals surface area contributed by atoms with E-state index in [1.165, 1.54) is 77.0 Å². The molecule has 0 aliphatic heterocycles. The van der Waals surface area contributed by atoms with Crippen LogP contribution in [-0.4, -0.2) is 37.2 Å². The second kappa shape index (κ2) is 49.2. The Kier molecular flexibility index (Phi) is 46.5. The molecular formula is C55H92O6. The van der Waals surface area contributed by atoms with E-state index in [0.29, 0.717) is 19.3 Å². The maximum atomic E-state index is 12.8. The van der Waals surface area contributed by atoms with Crippen LogP contribution in [0.5, 0.6) is 0 Å². The molecular weight excluding hydrogens is 757 g/mol. The van der Waals surface area contributed by atoms with Crippen molar-refractivity contribution in [3.8, 4) is 0 Å². The number of esters is 3. The summed E-state index contributed by atoms with van der Waals surface area (Å²) in [6.45, 7) is 6.41. The van der Waals surface area contributed by atoms with Gasteiger partial charge in [-0.2, -0.15) is 0 Å². The Morgan fingerprint density at radius 2 is 0.672 bits per heavy atom. The van der Waals surface area contributed by atoms with Crippen molar-refractivity contribution in [3.05, 3.63) is 85.1 Å². The van der Waals surface area contributed by atoms with Gasteiger partial charge in [0.15, 0.2) is 6.10 Å². The first-order valence-electron chi connectivity index (χ1n) is 25.1. The Morgan fingerprint density at radius 1 is 0.344 bits per heavy atom. The van der Waals surface area contributed by atoms with Crippen LogP contribution in [0.4, 0.5) is 0 Å². The fourth-order valence-electron chi connectivity index (χ4n) is 6.57. The molecule has 6 heteroatoms. The lowest BCUT2D eigenvalue weighted by molar-refractivity contribution is -0.167. The van der Waals surface area contributed by atoms with E-state index in [1.54, 1.807) is 0 Å². The fraction of sp³-hybridized carbons (Fsp3) is 0.691. The molecule has 348 valence electrons. The quantitative estimate of drug-likeness (QED) is 0.0263. The monoisotopic (exact) mass is 849 g/mol. The van der Waals surface area contributed by atoms with Crippen LogP contribution in [0.2, 0.25) is 0 Å². The average Bonchev–Trinajstić information content (AvgIpc) is 3.26. The van der Waals surface area contributed by atoms with Crippen molar-refractivity contribution in [2.75, 3.05) is 13.2 Å². The molecule has 0 rings (SSSR count). The van der Waals surface area contributed by atoms with Crippen LogP contribution >= 0.6 is 0 Å². The van der Waals surface area contributed by atoms with Gasteiger partial charge in [0.2, 0.25) is 0 Å². The first kappa shape index (κ1) is 57.6. The molecule has 61 heavy (non-hydrogen) atoms. The Balaban J connectivity index is 4.49. The second-order valence-electron chi connectivity index (χ2n) is 16.3. The minimum absolute atomic E-state index is 0.103. The Labute approximate surface area is 375 Å². The SMILES string of the molecule is CC/C=C\C/C=C\C/C=C\C/C=C\C/C=C\CCCC(=O)OC[C@@H](COC(=O)CCCCCCC/C=C\CCCC)OC(=O)CCCCCCC/C=C\CCCCCCCC. The van der Waals surface area contributed by atoms with Crippen molar-refractivity contribution in [1.82, 2.24) is 0 Å². The van der Waals surface area contributed by atoms with Gasteiger partial charge in [0, 0.05) is 19.3 Å². The lowest BCUT2D eigenvalue weighted by Gasteiger charge is -2.18. The van der Waals surface area contributed by atoms with E-state index in [9.17, 15) is 14.4 Å². The molecule has 0 fully saturated rings. The van der Waals surface area contributed by atoms with E-state index < -0.39 is 6.10 Å². The predicted octanol–water partition coefficient (Wildman–Crippen LogP) is 16.4. The molecule has 0 unspecified atom stereocenters. The van der Waals surface area contributed by atoms with Crippen LogP contribution in [0.3, 0.4) is 0 Å². The number of carbonyl (C=O) groups excluding carboxylic acids is 3. The molecule has 0 saturated carbocycles. The highest BCUT2D eigenvalue weighted by Gasteiger charge is 2.19. The van der Waals surface area contributed by atoms with Crippen LogP contribution < -0.4 is 0 Å². The van der Waals surface area contributed by atoms with E-state index in [2.05, 4.69) is 106 Å². The molecule has 0 saturated heterocycles. The Bertz CT molecular complexity index is 1200. The van der Waals surface area contributed by atoms with E-state index >= 15 is 0 Å². The molecule has 0 spiro atoms. The average molecular weight is 849 g/mol. The molecule has 0 radical (unpaired) electrons. The summed E-state index contributed by atoms with van der Waals surface area (Å²) >= 11 is 0.